The number of imide groups is 2. The Hall–Kier alpha value is -3.80. The van der Waals surface area contributed by atoms with Crippen LogP contribution in [0.3, 0.4) is 0 Å². The van der Waals surface area contributed by atoms with Crippen LogP contribution in [0.25, 0.3) is 0 Å². The largest absolute Gasteiger partial charge is 0.483 e. The third-order valence-electron chi connectivity index (χ3n) is 7.11. The molecule has 0 bridgehead atoms. The van der Waals surface area contributed by atoms with Gasteiger partial charge >= 0.3 is 0 Å². The number of nitrogens with one attached hydrogen (secondary N) is 3. The van der Waals surface area contributed by atoms with E-state index in [0.717, 1.165) is 24.3 Å². The monoisotopic (exact) mass is 571 g/mol. The Morgan fingerprint density at radius 1 is 1.12 bits per heavy atom. The second kappa shape index (κ2) is 14.7. The van der Waals surface area contributed by atoms with Crippen molar-refractivity contribution in [3.05, 3.63) is 29.3 Å². The van der Waals surface area contributed by atoms with Gasteiger partial charge in [-0.1, -0.05) is 26.8 Å². The fourth-order valence-electron chi connectivity index (χ4n) is 4.97. The Kier molecular flexibility index (Phi) is 11.4. The molecule has 2 heterocycles. The number of nitrogens with zero attached hydrogens (tertiary/aromatic N) is 2. The van der Waals surface area contributed by atoms with Crippen molar-refractivity contribution in [2.24, 2.45) is 5.92 Å². The van der Waals surface area contributed by atoms with E-state index in [2.05, 4.69) is 41.6 Å². The number of carbonyl (C=O) groups is 6. The van der Waals surface area contributed by atoms with E-state index in [0.29, 0.717) is 31.8 Å². The minimum atomic E-state index is -1.08. The van der Waals surface area contributed by atoms with Gasteiger partial charge in [-0.3, -0.25) is 43.9 Å². The number of rotatable bonds is 15. The van der Waals surface area contributed by atoms with Gasteiger partial charge in [-0.25, -0.2) is 0 Å². The van der Waals surface area contributed by atoms with E-state index < -0.39 is 35.6 Å². The van der Waals surface area contributed by atoms with Gasteiger partial charge in [0.25, 0.3) is 17.7 Å². The highest BCUT2D eigenvalue weighted by Gasteiger charge is 2.46. The van der Waals surface area contributed by atoms with Crippen molar-refractivity contribution in [1.82, 2.24) is 25.8 Å². The van der Waals surface area contributed by atoms with Crippen LogP contribution in [-0.2, 0) is 19.2 Å². The molecule has 0 saturated carbocycles. The molecule has 224 valence electrons. The van der Waals surface area contributed by atoms with Gasteiger partial charge in [0.2, 0.25) is 17.7 Å². The number of hydrogen-bond donors (Lipinski definition) is 3. The highest BCUT2D eigenvalue weighted by atomic mass is 16.5. The molecule has 6 amide bonds. The predicted octanol–water partition coefficient (Wildman–Crippen LogP) is 1.24. The number of likely N-dealkylation sites (N-methyl/N-ethyl adjacent to an activating group) is 1. The van der Waals surface area contributed by atoms with Gasteiger partial charge in [0, 0.05) is 19.5 Å². The third-order valence-corrected chi connectivity index (χ3v) is 7.11. The molecule has 41 heavy (non-hydrogen) atoms. The first-order chi connectivity index (χ1) is 19.5. The van der Waals surface area contributed by atoms with Gasteiger partial charge in [-0.2, -0.15) is 0 Å². The van der Waals surface area contributed by atoms with Crippen LogP contribution in [0.2, 0.25) is 0 Å². The smallest absolute Gasteiger partial charge is 0.266 e. The minimum absolute atomic E-state index is 0.00650. The van der Waals surface area contributed by atoms with Crippen LogP contribution < -0.4 is 20.7 Å². The van der Waals surface area contributed by atoms with Crippen molar-refractivity contribution in [2.45, 2.75) is 71.4 Å². The van der Waals surface area contributed by atoms with E-state index in [-0.39, 0.29) is 48.3 Å². The van der Waals surface area contributed by atoms with Crippen LogP contribution in [0.15, 0.2) is 18.2 Å². The zero-order valence-corrected chi connectivity index (χ0v) is 24.3. The lowest BCUT2D eigenvalue weighted by Crippen LogP contribution is -2.54. The molecule has 0 spiro atoms. The summed E-state index contributed by atoms with van der Waals surface area (Å²) in [6.45, 7) is 7.65. The van der Waals surface area contributed by atoms with Gasteiger partial charge in [-0.05, 0) is 63.7 Å². The molecule has 1 fully saturated rings. The molecule has 0 radical (unpaired) electrons. The van der Waals surface area contributed by atoms with Crippen LogP contribution in [-0.4, -0.2) is 90.6 Å². The summed E-state index contributed by atoms with van der Waals surface area (Å²) >= 11 is 0. The maximum absolute atomic E-state index is 13.1. The van der Waals surface area contributed by atoms with Crippen LogP contribution in [0.4, 0.5) is 0 Å². The number of hydrogen-bond acceptors (Lipinski definition) is 8. The summed E-state index contributed by atoms with van der Waals surface area (Å²) in [6.07, 6.45) is 3.10. The topological polar surface area (TPSA) is 154 Å². The summed E-state index contributed by atoms with van der Waals surface area (Å²) < 4.78 is 5.61. The molecule has 0 aromatic heterocycles. The van der Waals surface area contributed by atoms with E-state index in [1.165, 1.54) is 18.2 Å². The fraction of sp³-hybridized carbons (Fsp3) is 0.586. The number of unbranched alkanes of at least 4 members (excludes halogenated alkanes) is 1. The van der Waals surface area contributed by atoms with Crippen LogP contribution in [0, 0.1) is 5.92 Å². The lowest BCUT2D eigenvalue weighted by atomic mass is 10.0. The highest BCUT2D eigenvalue weighted by molar-refractivity contribution is 6.24. The normalized spacial score (nSPS) is 17.5. The van der Waals surface area contributed by atoms with E-state index in [9.17, 15) is 28.8 Å². The molecule has 1 saturated heterocycles. The molecule has 2 aliphatic heterocycles. The molecule has 1 aromatic carbocycles. The highest BCUT2D eigenvalue weighted by Crippen LogP contribution is 2.33. The summed E-state index contributed by atoms with van der Waals surface area (Å²) in [5.74, 6) is -2.42. The second-order valence-electron chi connectivity index (χ2n) is 10.9. The number of piperidine rings is 1. The second-order valence-corrected chi connectivity index (χ2v) is 10.9. The summed E-state index contributed by atoms with van der Waals surface area (Å²) in [6, 6.07) is 3.17. The molecule has 3 rings (SSSR count). The minimum Gasteiger partial charge on any atom is -0.483 e. The maximum Gasteiger partial charge on any atom is 0.266 e. The lowest BCUT2D eigenvalue weighted by Gasteiger charge is -2.27. The standard InChI is InChI=1S/C29H41N5O7/c1-5-15-33(4)20(26(37)31-16-18(2)3)10-6-7-14-30-24(36)17-41-22-11-8-9-19-25(22)29(40)34(28(19)39)21-12-13-23(35)32-27(21)38/h8-9,11,18,20-21H,5-7,10,12-17H2,1-4H3,(H,30,36)(H,31,37)(H,32,35,38)/t20-,21?/m0/s1. The zero-order valence-electron chi connectivity index (χ0n) is 24.3. The van der Waals surface area contributed by atoms with Gasteiger partial charge in [0.1, 0.15) is 11.8 Å². The van der Waals surface area contributed by atoms with Crippen molar-refractivity contribution in [3.8, 4) is 5.75 Å². The molecule has 1 unspecified atom stereocenters. The Balaban J connectivity index is 1.49. The van der Waals surface area contributed by atoms with Crippen molar-refractivity contribution >= 4 is 35.4 Å². The Morgan fingerprint density at radius 2 is 1.88 bits per heavy atom. The average molecular weight is 572 g/mol. The number of benzene rings is 1. The summed E-state index contributed by atoms with van der Waals surface area (Å²) in [7, 11) is 1.95. The average Bonchev–Trinajstić information content (AvgIpc) is 3.18. The molecule has 3 N–H and O–H groups in total. The van der Waals surface area contributed by atoms with Gasteiger partial charge in [-0.15, -0.1) is 0 Å². The van der Waals surface area contributed by atoms with Gasteiger partial charge in [0.15, 0.2) is 6.61 Å². The first-order valence-electron chi connectivity index (χ1n) is 14.3. The van der Waals surface area contributed by atoms with Gasteiger partial charge < -0.3 is 15.4 Å². The summed E-state index contributed by atoms with van der Waals surface area (Å²) in [5.41, 5.74) is 0.0746. The van der Waals surface area contributed by atoms with E-state index in [1.807, 2.05) is 7.05 Å². The molecule has 12 heteroatoms. The molecular weight excluding hydrogens is 530 g/mol. The van der Waals surface area contributed by atoms with Crippen molar-refractivity contribution in [1.29, 1.82) is 0 Å². The fourth-order valence-corrected chi connectivity index (χ4v) is 4.97. The maximum atomic E-state index is 13.1. The molecular formula is C29H41N5O7. The zero-order chi connectivity index (χ0) is 30.1. The van der Waals surface area contributed by atoms with Crippen molar-refractivity contribution in [3.63, 3.8) is 0 Å². The molecule has 1 aromatic rings. The Labute approximate surface area is 240 Å². The third kappa shape index (κ3) is 8.12. The Bertz CT molecular complexity index is 1170. The van der Waals surface area contributed by atoms with E-state index in [1.54, 1.807) is 0 Å². The Morgan fingerprint density at radius 3 is 2.56 bits per heavy atom. The van der Waals surface area contributed by atoms with Gasteiger partial charge in [0.05, 0.1) is 17.2 Å². The molecule has 12 nitrogen and oxygen atoms in total. The molecule has 0 aliphatic carbocycles. The number of ether oxygens (including phenoxy) is 1. The number of amides is 6. The first kappa shape index (κ1) is 31.7. The van der Waals surface area contributed by atoms with E-state index >= 15 is 0 Å². The lowest BCUT2D eigenvalue weighted by molar-refractivity contribution is -0.136. The van der Waals surface area contributed by atoms with Crippen LogP contribution in [0.1, 0.15) is 80.0 Å². The molecule has 2 aliphatic rings. The first-order valence-corrected chi connectivity index (χ1v) is 14.3. The van der Waals surface area contributed by atoms with Crippen LogP contribution in [0.5, 0.6) is 5.75 Å². The summed E-state index contributed by atoms with van der Waals surface area (Å²) in [4.78, 5) is 77.9. The SMILES string of the molecule is CCCN(C)[C@@H](CCCCNC(=O)COc1cccc2c1C(=O)N(C1CCC(=O)NC1=O)C2=O)C(=O)NCC(C)C. The molecule has 2 atom stereocenters. The van der Waals surface area contributed by atoms with Crippen molar-refractivity contribution in [2.75, 3.05) is 33.3 Å². The number of carbonyl (C=O) groups excluding carboxylic acids is 6. The quantitative estimate of drug-likeness (QED) is 0.210. The van der Waals surface area contributed by atoms with Crippen LogP contribution >= 0.6 is 0 Å². The number of fused-ring (bicyclic) bond motifs is 1. The van der Waals surface area contributed by atoms with Crippen molar-refractivity contribution < 1.29 is 33.5 Å². The predicted molar refractivity (Wildman–Crippen MR) is 150 cm³/mol. The van der Waals surface area contributed by atoms with E-state index in [4.69, 9.17) is 4.74 Å². The summed E-state index contributed by atoms with van der Waals surface area (Å²) in [5, 5.41) is 7.96.